The van der Waals surface area contributed by atoms with Crippen LogP contribution in [0.2, 0.25) is 0 Å². The molecule has 0 saturated heterocycles. The van der Waals surface area contributed by atoms with Crippen LogP contribution in [0.4, 0.5) is 0 Å². The molecule has 0 aliphatic heterocycles. The lowest BCUT2D eigenvalue weighted by Gasteiger charge is -2.07. The quantitative estimate of drug-likeness (QED) is 0.581. The fourth-order valence-electron chi connectivity index (χ4n) is 1.54. The van der Waals surface area contributed by atoms with E-state index in [0.717, 1.165) is 6.42 Å². The molecule has 6 heteroatoms. The average molecular weight is 285 g/mol. The Morgan fingerprint density at radius 2 is 2.05 bits per heavy atom. The molecule has 0 aliphatic carbocycles. The number of methoxy groups -OCH3 is 1. The first kappa shape index (κ1) is 15.8. The van der Waals surface area contributed by atoms with E-state index in [1.165, 1.54) is 19.1 Å². The lowest BCUT2D eigenvalue weighted by molar-refractivity contribution is 0.101. The summed E-state index contributed by atoms with van der Waals surface area (Å²) in [5.74, 6) is -0.155. The third-order valence-electron chi connectivity index (χ3n) is 2.62. The number of Topliss-reactive ketones (excluding diaryl/α,β-unsaturated/α-hetero) is 1. The van der Waals surface area contributed by atoms with Gasteiger partial charge >= 0.3 is 0 Å². The van der Waals surface area contributed by atoms with Crippen molar-refractivity contribution in [3.05, 3.63) is 29.8 Å². The molecule has 0 radical (unpaired) electrons. The second-order valence-corrected chi connectivity index (χ2v) is 5.95. The van der Waals surface area contributed by atoms with Gasteiger partial charge in [0, 0.05) is 25.8 Å². The molecule has 5 nitrogen and oxygen atoms in total. The highest BCUT2D eigenvalue weighted by Crippen LogP contribution is 2.12. The fourth-order valence-corrected chi connectivity index (χ4v) is 2.66. The number of hydrogen-bond donors (Lipinski definition) is 1. The van der Waals surface area contributed by atoms with Gasteiger partial charge in [0.25, 0.3) is 0 Å². The van der Waals surface area contributed by atoms with Gasteiger partial charge in [-0.15, -0.1) is 0 Å². The number of ether oxygens (including phenoxy) is 1. The summed E-state index contributed by atoms with van der Waals surface area (Å²) in [6, 6.07) is 6.03. The van der Waals surface area contributed by atoms with Crippen LogP contribution in [-0.2, 0) is 14.8 Å². The monoisotopic (exact) mass is 285 g/mol. The molecule has 0 bridgehead atoms. The lowest BCUT2D eigenvalue weighted by atomic mass is 10.2. The van der Waals surface area contributed by atoms with E-state index < -0.39 is 10.0 Å². The van der Waals surface area contributed by atoms with Crippen LogP contribution in [0.5, 0.6) is 0 Å². The Balaban J connectivity index is 2.66. The van der Waals surface area contributed by atoms with E-state index in [2.05, 4.69) is 4.72 Å². The average Bonchev–Trinajstić information content (AvgIpc) is 2.38. The predicted octanol–water partition coefficient (Wildman–Crippen LogP) is 1.59. The molecule has 1 rings (SSSR count). The molecule has 1 aromatic carbocycles. The van der Waals surface area contributed by atoms with Crippen molar-refractivity contribution in [2.24, 2.45) is 0 Å². The molecule has 0 amide bonds. The van der Waals surface area contributed by atoms with E-state index in [1.807, 2.05) is 0 Å². The molecule has 1 aromatic rings. The van der Waals surface area contributed by atoms with E-state index in [0.29, 0.717) is 25.1 Å². The molecule has 0 unspecified atom stereocenters. The summed E-state index contributed by atoms with van der Waals surface area (Å²) >= 11 is 0. The zero-order valence-corrected chi connectivity index (χ0v) is 12.0. The van der Waals surface area contributed by atoms with Gasteiger partial charge in [-0.2, -0.15) is 0 Å². The van der Waals surface area contributed by atoms with Crippen molar-refractivity contribution in [2.75, 3.05) is 20.3 Å². The van der Waals surface area contributed by atoms with Crippen LogP contribution in [0.25, 0.3) is 0 Å². The van der Waals surface area contributed by atoms with Crippen molar-refractivity contribution in [2.45, 2.75) is 24.7 Å². The fraction of sp³-hybridized carbons (Fsp3) is 0.462. The summed E-state index contributed by atoms with van der Waals surface area (Å²) in [7, 11) is -1.94. The van der Waals surface area contributed by atoms with Crippen molar-refractivity contribution in [1.29, 1.82) is 0 Å². The largest absolute Gasteiger partial charge is 0.385 e. The first-order chi connectivity index (χ1) is 8.97. The summed E-state index contributed by atoms with van der Waals surface area (Å²) in [6.07, 6.45) is 1.51. The van der Waals surface area contributed by atoms with Gasteiger partial charge in [-0.25, -0.2) is 13.1 Å². The molecule has 0 fully saturated rings. The number of hydrogen-bond acceptors (Lipinski definition) is 4. The van der Waals surface area contributed by atoms with Gasteiger partial charge in [0.1, 0.15) is 0 Å². The molecular formula is C13H19NO4S. The maximum Gasteiger partial charge on any atom is 0.240 e. The van der Waals surface area contributed by atoms with E-state index >= 15 is 0 Å². The van der Waals surface area contributed by atoms with Crippen molar-refractivity contribution in [3.8, 4) is 0 Å². The Morgan fingerprint density at radius 1 is 1.32 bits per heavy atom. The van der Waals surface area contributed by atoms with Crippen LogP contribution in [0.1, 0.15) is 30.1 Å². The van der Waals surface area contributed by atoms with Crippen molar-refractivity contribution in [3.63, 3.8) is 0 Å². The molecule has 0 aliphatic rings. The van der Waals surface area contributed by atoms with Gasteiger partial charge in [0.05, 0.1) is 4.90 Å². The summed E-state index contributed by atoms with van der Waals surface area (Å²) in [5.41, 5.74) is 0.391. The van der Waals surface area contributed by atoms with Gasteiger partial charge in [-0.1, -0.05) is 12.1 Å². The number of sulfonamides is 1. The summed E-state index contributed by atoms with van der Waals surface area (Å²) in [5, 5.41) is 0. The lowest BCUT2D eigenvalue weighted by Crippen LogP contribution is -2.25. The van der Waals surface area contributed by atoms with Crippen LogP contribution in [0, 0.1) is 0 Å². The molecule has 0 atom stereocenters. The van der Waals surface area contributed by atoms with Gasteiger partial charge in [0.15, 0.2) is 5.78 Å². The zero-order valence-electron chi connectivity index (χ0n) is 11.2. The maximum atomic E-state index is 12.0. The van der Waals surface area contributed by atoms with Crippen LogP contribution in [0.15, 0.2) is 29.2 Å². The summed E-state index contributed by atoms with van der Waals surface area (Å²) < 4.78 is 31.4. The van der Waals surface area contributed by atoms with Crippen LogP contribution in [-0.4, -0.2) is 34.5 Å². The topological polar surface area (TPSA) is 72.5 Å². The standard InChI is InChI=1S/C13H19NO4S/c1-11(15)12-6-5-7-13(10-12)19(16,17)14-8-3-4-9-18-2/h5-7,10,14H,3-4,8-9H2,1-2H3. The highest BCUT2D eigenvalue weighted by molar-refractivity contribution is 7.89. The number of unbranched alkanes of at least 4 members (excludes halogenated alkanes) is 1. The van der Waals surface area contributed by atoms with E-state index in [9.17, 15) is 13.2 Å². The van der Waals surface area contributed by atoms with Crippen molar-refractivity contribution in [1.82, 2.24) is 4.72 Å². The second-order valence-electron chi connectivity index (χ2n) is 4.18. The van der Waals surface area contributed by atoms with E-state index in [1.54, 1.807) is 19.2 Å². The Morgan fingerprint density at radius 3 is 2.68 bits per heavy atom. The Labute approximate surface area is 114 Å². The summed E-state index contributed by atoms with van der Waals surface area (Å²) in [4.78, 5) is 11.3. The highest BCUT2D eigenvalue weighted by Gasteiger charge is 2.14. The molecular weight excluding hydrogens is 266 g/mol. The second kappa shape index (κ2) is 7.37. The number of carbonyl (C=O) groups excluding carboxylic acids is 1. The van der Waals surface area contributed by atoms with Crippen molar-refractivity contribution < 1.29 is 17.9 Å². The number of benzene rings is 1. The molecule has 0 heterocycles. The minimum absolute atomic E-state index is 0.118. The first-order valence-corrected chi connectivity index (χ1v) is 7.55. The van der Waals surface area contributed by atoms with E-state index in [4.69, 9.17) is 4.74 Å². The normalized spacial score (nSPS) is 11.5. The zero-order chi connectivity index (χ0) is 14.3. The molecule has 0 spiro atoms. The van der Waals surface area contributed by atoms with Gasteiger partial charge < -0.3 is 4.74 Å². The number of rotatable bonds is 8. The van der Waals surface area contributed by atoms with Gasteiger partial charge in [0.2, 0.25) is 10.0 Å². The molecule has 1 N–H and O–H groups in total. The third kappa shape index (κ3) is 5.10. The smallest absolute Gasteiger partial charge is 0.240 e. The Kier molecular flexibility index (Phi) is 6.14. The Bertz CT molecular complexity index is 525. The van der Waals surface area contributed by atoms with Crippen molar-refractivity contribution >= 4 is 15.8 Å². The molecule has 106 valence electrons. The van der Waals surface area contributed by atoms with Gasteiger partial charge in [-0.3, -0.25) is 4.79 Å². The minimum atomic E-state index is -3.55. The van der Waals surface area contributed by atoms with Crippen LogP contribution in [0.3, 0.4) is 0 Å². The molecule has 0 saturated carbocycles. The van der Waals surface area contributed by atoms with E-state index in [-0.39, 0.29) is 10.7 Å². The van der Waals surface area contributed by atoms with Crippen LogP contribution < -0.4 is 4.72 Å². The number of nitrogens with one attached hydrogen (secondary N) is 1. The first-order valence-electron chi connectivity index (χ1n) is 6.07. The van der Waals surface area contributed by atoms with Gasteiger partial charge in [-0.05, 0) is 31.9 Å². The minimum Gasteiger partial charge on any atom is -0.385 e. The van der Waals surface area contributed by atoms with Crippen LogP contribution >= 0.6 is 0 Å². The SMILES string of the molecule is COCCCCNS(=O)(=O)c1cccc(C(C)=O)c1. The number of carbonyl (C=O) groups is 1. The molecule has 0 aromatic heterocycles. The predicted molar refractivity (Wildman–Crippen MR) is 72.7 cm³/mol. The highest BCUT2D eigenvalue weighted by atomic mass is 32.2. The third-order valence-corrected chi connectivity index (χ3v) is 4.08. The molecule has 19 heavy (non-hydrogen) atoms. The Hall–Kier alpha value is -1.24. The maximum absolute atomic E-state index is 12.0. The summed E-state index contributed by atoms with van der Waals surface area (Å²) in [6.45, 7) is 2.38. The number of ketones is 1.